The fourth-order valence-corrected chi connectivity index (χ4v) is 3.47. The SMILES string of the molecule is NC(=O)C1CCN(C(=O)NCc2ccc(N3CCCCCC3)nc2)C1. The number of nitrogens with zero attached hydrogens (tertiary/aromatic N) is 3. The van der Waals surface area contributed by atoms with E-state index in [4.69, 9.17) is 5.73 Å². The predicted molar refractivity (Wildman–Crippen MR) is 96.0 cm³/mol. The van der Waals surface area contributed by atoms with Crippen LogP contribution in [0.25, 0.3) is 0 Å². The van der Waals surface area contributed by atoms with Gasteiger partial charge in [0.1, 0.15) is 5.82 Å². The number of rotatable bonds is 4. The van der Waals surface area contributed by atoms with Crippen molar-refractivity contribution in [2.24, 2.45) is 11.7 Å². The Labute approximate surface area is 148 Å². The first-order chi connectivity index (χ1) is 12.1. The first-order valence-electron chi connectivity index (χ1n) is 9.15. The number of aromatic nitrogens is 1. The number of hydrogen-bond acceptors (Lipinski definition) is 4. The lowest BCUT2D eigenvalue weighted by Crippen LogP contribution is -2.39. The maximum atomic E-state index is 12.2. The van der Waals surface area contributed by atoms with Crippen molar-refractivity contribution in [3.8, 4) is 0 Å². The highest BCUT2D eigenvalue weighted by atomic mass is 16.2. The minimum atomic E-state index is -0.330. The lowest BCUT2D eigenvalue weighted by atomic mass is 10.1. The molecule has 1 aromatic rings. The Bertz CT molecular complexity index is 596. The van der Waals surface area contributed by atoms with Crippen LogP contribution in [-0.2, 0) is 11.3 Å². The van der Waals surface area contributed by atoms with Crippen LogP contribution in [0.2, 0.25) is 0 Å². The van der Waals surface area contributed by atoms with Gasteiger partial charge in [0.05, 0.1) is 5.92 Å². The summed E-state index contributed by atoms with van der Waals surface area (Å²) in [6, 6.07) is 3.90. The fraction of sp³-hybridized carbons (Fsp3) is 0.611. The molecule has 0 aliphatic carbocycles. The van der Waals surface area contributed by atoms with Crippen LogP contribution < -0.4 is 16.0 Å². The van der Waals surface area contributed by atoms with Gasteiger partial charge in [0.15, 0.2) is 0 Å². The number of likely N-dealkylation sites (tertiary alicyclic amines) is 1. The number of nitrogens with one attached hydrogen (secondary N) is 1. The summed E-state index contributed by atoms with van der Waals surface area (Å²) in [5, 5.41) is 2.89. The molecule has 7 nitrogen and oxygen atoms in total. The molecule has 3 rings (SSSR count). The van der Waals surface area contributed by atoms with E-state index in [1.54, 1.807) is 4.90 Å². The number of carbonyl (C=O) groups is 2. The lowest BCUT2D eigenvalue weighted by molar-refractivity contribution is -0.121. The minimum Gasteiger partial charge on any atom is -0.369 e. The zero-order chi connectivity index (χ0) is 17.6. The third-order valence-electron chi connectivity index (χ3n) is 5.06. The molecule has 2 saturated heterocycles. The van der Waals surface area contributed by atoms with Crippen molar-refractivity contribution in [1.82, 2.24) is 15.2 Å². The quantitative estimate of drug-likeness (QED) is 0.865. The van der Waals surface area contributed by atoms with Crippen molar-refractivity contribution in [1.29, 1.82) is 0 Å². The Balaban J connectivity index is 1.48. The van der Waals surface area contributed by atoms with E-state index in [0.29, 0.717) is 26.1 Å². The van der Waals surface area contributed by atoms with Crippen molar-refractivity contribution in [3.63, 3.8) is 0 Å². The first kappa shape index (κ1) is 17.5. The Hall–Kier alpha value is -2.31. The second-order valence-corrected chi connectivity index (χ2v) is 6.92. The maximum Gasteiger partial charge on any atom is 0.317 e. The molecule has 3 heterocycles. The topological polar surface area (TPSA) is 91.6 Å². The molecule has 2 fully saturated rings. The van der Waals surface area contributed by atoms with Gasteiger partial charge in [-0.25, -0.2) is 9.78 Å². The standard InChI is InChI=1S/C18H27N5O2/c19-17(24)15-7-10-23(13-15)18(25)21-12-14-5-6-16(20-11-14)22-8-3-1-2-4-9-22/h5-6,11,15H,1-4,7-10,12-13H2,(H2,19,24)(H,21,25). The number of amides is 3. The summed E-state index contributed by atoms with van der Waals surface area (Å²) < 4.78 is 0. The second kappa shape index (κ2) is 8.18. The van der Waals surface area contributed by atoms with Crippen LogP contribution in [0.1, 0.15) is 37.7 Å². The highest BCUT2D eigenvalue weighted by Gasteiger charge is 2.29. The van der Waals surface area contributed by atoms with Crippen molar-refractivity contribution in [2.75, 3.05) is 31.1 Å². The van der Waals surface area contributed by atoms with Gasteiger partial charge in [-0.3, -0.25) is 4.79 Å². The van der Waals surface area contributed by atoms with Crippen LogP contribution in [0.15, 0.2) is 18.3 Å². The Morgan fingerprint density at radius 1 is 1.16 bits per heavy atom. The number of anilines is 1. The highest BCUT2D eigenvalue weighted by Crippen LogP contribution is 2.18. The molecule has 1 unspecified atom stereocenters. The number of nitrogens with two attached hydrogens (primary N) is 1. The van der Waals surface area contributed by atoms with Crippen molar-refractivity contribution in [2.45, 2.75) is 38.6 Å². The zero-order valence-corrected chi connectivity index (χ0v) is 14.6. The van der Waals surface area contributed by atoms with Gasteiger partial charge in [-0.1, -0.05) is 18.9 Å². The monoisotopic (exact) mass is 345 g/mol. The molecule has 3 amide bonds. The second-order valence-electron chi connectivity index (χ2n) is 6.92. The Morgan fingerprint density at radius 2 is 1.92 bits per heavy atom. The predicted octanol–water partition coefficient (Wildman–Crippen LogP) is 1.48. The van der Waals surface area contributed by atoms with E-state index < -0.39 is 0 Å². The molecule has 0 spiro atoms. The number of pyridine rings is 1. The van der Waals surface area contributed by atoms with Gasteiger partial charge in [0.2, 0.25) is 5.91 Å². The molecular formula is C18H27N5O2. The largest absolute Gasteiger partial charge is 0.369 e. The number of carbonyl (C=O) groups excluding carboxylic acids is 2. The summed E-state index contributed by atoms with van der Waals surface area (Å²) in [7, 11) is 0. The van der Waals surface area contributed by atoms with Gasteiger partial charge in [-0.2, -0.15) is 0 Å². The molecule has 25 heavy (non-hydrogen) atoms. The summed E-state index contributed by atoms with van der Waals surface area (Å²) in [6.45, 7) is 3.56. The molecule has 0 aromatic carbocycles. The van der Waals surface area contributed by atoms with Gasteiger partial charge >= 0.3 is 6.03 Å². The highest BCUT2D eigenvalue weighted by molar-refractivity contribution is 5.80. The summed E-state index contributed by atoms with van der Waals surface area (Å²) in [5.41, 5.74) is 6.27. The lowest BCUT2D eigenvalue weighted by Gasteiger charge is -2.21. The van der Waals surface area contributed by atoms with Crippen LogP contribution >= 0.6 is 0 Å². The summed E-state index contributed by atoms with van der Waals surface area (Å²) >= 11 is 0. The van der Waals surface area contributed by atoms with Gasteiger partial charge in [-0.05, 0) is 30.9 Å². The summed E-state index contributed by atoms with van der Waals surface area (Å²) in [6.07, 6.45) is 7.52. The average molecular weight is 345 g/mol. The summed E-state index contributed by atoms with van der Waals surface area (Å²) in [4.78, 5) is 31.9. The van der Waals surface area contributed by atoms with E-state index in [1.165, 1.54) is 25.7 Å². The molecule has 1 aromatic heterocycles. The molecule has 2 aliphatic heterocycles. The van der Waals surface area contributed by atoms with Crippen LogP contribution in [0.3, 0.4) is 0 Å². The fourth-order valence-electron chi connectivity index (χ4n) is 3.47. The van der Waals surface area contributed by atoms with E-state index in [9.17, 15) is 9.59 Å². The Morgan fingerprint density at radius 3 is 2.52 bits per heavy atom. The molecule has 0 radical (unpaired) electrons. The van der Waals surface area contributed by atoms with Gasteiger partial charge < -0.3 is 20.9 Å². The van der Waals surface area contributed by atoms with Gasteiger partial charge in [0.25, 0.3) is 0 Å². The summed E-state index contributed by atoms with van der Waals surface area (Å²) in [5.74, 6) is 0.463. The van der Waals surface area contributed by atoms with E-state index in [2.05, 4.69) is 15.2 Å². The van der Waals surface area contributed by atoms with Crippen LogP contribution in [-0.4, -0.2) is 48.0 Å². The van der Waals surface area contributed by atoms with Gasteiger partial charge in [0, 0.05) is 38.9 Å². The maximum absolute atomic E-state index is 12.2. The first-order valence-corrected chi connectivity index (χ1v) is 9.15. The van der Waals surface area contributed by atoms with Crippen LogP contribution in [0.4, 0.5) is 10.6 Å². The minimum absolute atomic E-state index is 0.152. The smallest absolute Gasteiger partial charge is 0.317 e. The molecule has 136 valence electrons. The Kier molecular flexibility index (Phi) is 5.73. The molecular weight excluding hydrogens is 318 g/mol. The normalized spacial score (nSPS) is 21.0. The number of primary amides is 1. The van der Waals surface area contributed by atoms with E-state index in [1.807, 2.05) is 18.3 Å². The van der Waals surface area contributed by atoms with Crippen molar-refractivity contribution < 1.29 is 9.59 Å². The van der Waals surface area contributed by atoms with Crippen LogP contribution in [0, 0.1) is 5.92 Å². The molecule has 3 N–H and O–H groups in total. The molecule has 1 atom stereocenters. The van der Waals surface area contributed by atoms with Crippen LogP contribution in [0.5, 0.6) is 0 Å². The van der Waals surface area contributed by atoms with E-state index in [-0.39, 0.29) is 17.9 Å². The van der Waals surface area contributed by atoms with Crippen molar-refractivity contribution in [3.05, 3.63) is 23.9 Å². The third kappa shape index (κ3) is 4.61. The number of hydrogen-bond donors (Lipinski definition) is 2. The average Bonchev–Trinajstić information content (AvgIpc) is 2.97. The van der Waals surface area contributed by atoms with Crippen molar-refractivity contribution >= 4 is 17.8 Å². The zero-order valence-electron chi connectivity index (χ0n) is 14.6. The van der Waals surface area contributed by atoms with Gasteiger partial charge in [-0.15, -0.1) is 0 Å². The molecule has 2 aliphatic rings. The van der Waals surface area contributed by atoms with E-state index in [0.717, 1.165) is 24.5 Å². The third-order valence-corrected chi connectivity index (χ3v) is 5.06. The molecule has 0 saturated carbocycles. The molecule has 7 heteroatoms. The van der Waals surface area contributed by atoms with E-state index >= 15 is 0 Å². The molecule has 0 bridgehead atoms. The number of urea groups is 1.